The third-order valence-electron chi connectivity index (χ3n) is 14.9. The van der Waals surface area contributed by atoms with Crippen molar-refractivity contribution in [2.75, 3.05) is 50.1 Å². The quantitative estimate of drug-likeness (QED) is 0.0532. The summed E-state index contributed by atoms with van der Waals surface area (Å²) in [5.41, 5.74) is 2.51. The second-order valence-electron chi connectivity index (χ2n) is 23.6. The summed E-state index contributed by atoms with van der Waals surface area (Å²) >= 11 is 0. The molecule has 2 aromatic carbocycles. The van der Waals surface area contributed by atoms with Gasteiger partial charge in [0.1, 0.15) is 79.9 Å². The Labute approximate surface area is 514 Å². The van der Waals surface area contributed by atoms with E-state index in [-0.39, 0.29) is 48.0 Å². The second-order valence-corrected chi connectivity index (χ2v) is 39.3. The molecule has 0 amide bonds. The predicted octanol–water partition coefficient (Wildman–Crippen LogP) is 10.2. The number of methoxy groups -OCH3 is 4. The number of imidazole rings is 2. The Morgan fingerprint density at radius 3 is 1.16 bits per heavy atom. The van der Waals surface area contributed by atoms with Gasteiger partial charge in [-0.2, -0.15) is 0 Å². The standard InChI is InChI=1S/2C30H38N6O6SSi/c2*1-20-14-15-25(42-20)29-32-33-30(36(29)27-23(40-3)11-10-12-24(27)41-4)35(17-18-44(5,6)7)43(38,39)21(2)28(37)22-19-34-16-9-8-13-26(34)31-22/h2*8-16,19,21,28,37H,17-18H2,1-7H3/t2*21-,28+/m10/s1. The van der Waals surface area contributed by atoms with Crippen LogP contribution < -0.4 is 27.6 Å². The maximum absolute atomic E-state index is 14.6. The number of fused-ring (bicyclic) bond motifs is 2. The van der Waals surface area contributed by atoms with Crippen molar-refractivity contribution in [2.24, 2.45) is 0 Å². The van der Waals surface area contributed by atoms with Gasteiger partial charge in [0.15, 0.2) is 11.5 Å². The molecule has 4 atom stereocenters. The number of rotatable bonds is 24. The predicted molar refractivity (Wildman–Crippen MR) is 342 cm³/mol. The molecular weight excluding hydrogens is 1200 g/mol. The Hall–Kier alpha value is -8.29. The van der Waals surface area contributed by atoms with Crippen LogP contribution in [0.3, 0.4) is 0 Å². The fourth-order valence-corrected chi connectivity index (χ4v) is 15.0. The van der Waals surface area contributed by atoms with E-state index >= 15 is 0 Å². The van der Waals surface area contributed by atoms with E-state index in [1.54, 1.807) is 116 Å². The summed E-state index contributed by atoms with van der Waals surface area (Å²) in [5, 5.41) is 38.0. The smallest absolute Gasteiger partial charge is 0.246 e. The van der Waals surface area contributed by atoms with Gasteiger partial charge >= 0.3 is 0 Å². The molecule has 0 radical (unpaired) electrons. The summed E-state index contributed by atoms with van der Waals surface area (Å²) in [6.45, 7) is 19.8. The Morgan fingerprint density at radius 2 is 0.864 bits per heavy atom. The summed E-state index contributed by atoms with van der Waals surface area (Å²) < 4.78 is 102. The van der Waals surface area contributed by atoms with Gasteiger partial charge in [-0.25, -0.2) is 35.4 Å². The summed E-state index contributed by atoms with van der Waals surface area (Å²) in [4.78, 5) is 8.96. The molecule has 0 unspecified atom stereocenters. The van der Waals surface area contributed by atoms with Gasteiger partial charge in [0.25, 0.3) is 0 Å². The molecule has 0 saturated heterocycles. The Kier molecular flexibility index (Phi) is 18.8. The Bertz CT molecular complexity index is 3910. The zero-order valence-corrected chi connectivity index (χ0v) is 55.5. The highest BCUT2D eigenvalue weighted by Crippen LogP contribution is 2.43. The van der Waals surface area contributed by atoms with Crippen molar-refractivity contribution in [3.05, 3.63) is 145 Å². The number of anilines is 2. The number of nitrogens with zero attached hydrogens (tertiary/aromatic N) is 12. The molecule has 24 nitrogen and oxygen atoms in total. The first-order chi connectivity index (χ1) is 41.7. The van der Waals surface area contributed by atoms with Crippen LogP contribution in [0.25, 0.3) is 45.8 Å². The van der Waals surface area contributed by atoms with Gasteiger partial charge in [-0.15, -0.1) is 20.4 Å². The van der Waals surface area contributed by atoms with Crippen LogP contribution in [0.2, 0.25) is 51.4 Å². The second kappa shape index (κ2) is 25.8. The SMILES string of the molecule is COc1cccc(OC)c1-n1c(-c2ccc(C)o2)nnc1N(CC[Si](C)(C)C)S(=O)(=O)[C@@H](C)[C@@H](O)c1cn2ccccc2n1.COc1cccc(OC)c1-n1c(-c2ccc(C)o2)nnc1N(CC[Si](C)(C)C)S(=O)(=O)[C@H](C)[C@H](O)c1cn2ccccc2n1. The highest BCUT2D eigenvalue weighted by Gasteiger charge is 2.42. The molecule has 468 valence electrons. The topological polar surface area (TPSA) is 274 Å². The lowest BCUT2D eigenvalue weighted by Crippen LogP contribution is -2.44. The van der Waals surface area contributed by atoms with Crippen LogP contribution in [0.4, 0.5) is 11.9 Å². The number of aliphatic hydroxyl groups is 2. The van der Waals surface area contributed by atoms with E-state index in [1.807, 2.05) is 38.1 Å². The normalized spacial score (nSPS) is 13.6. The minimum Gasteiger partial charge on any atom is -0.494 e. The van der Waals surface area contributed by atoms with Crippen LogP contribution in [-0.2, 0) is 20.0 Å². The molecule has 88 heavy (non-hydrogen) atoms. The lowest BCUT2D eigenvalue weighted by atomic mass is 10.2. The number of furan rings is 2. The summed E-state index contributed by atoms with van der Waals surface area (Å²) in [6.07, 6.45) is 4.02. The maximum atomic E-state index is 14.6. The summed E-state index contributed by atoms with van der Waals surface area (Å²) in [7, 11) is -6.02. The number of ether oxygens (including phenoxy) is 4. The minimum absolute atomic E-state index is 0.0177. The number of aryl methyl sites for hydroxylation is 2. The molecule has 8 heterocycles. The number of aromatic nitrogens is 10. The Balaban J connectivity index is 0.000000209. The van der Waals surface area contributed by atoms with Crippen LogP contribution in [-0.4, -0.2) is 144 Å². The summed E-state index contributed by atoms with van der Waals surface area (Å²) in [5.74, 6) is 4.27. The first-order valence-electron chi connectivity index (χ1n) is 28.4. The third kappa shape index (κ3) is 13.3. The molecule has 10 rings (SSSR count). The van der Waals surface area contributed by atoms with E-state index in [0.717, 1.165) is 0 Å². The Morgan fingerprint density at radius 1 is 0.511 bits per heavy atom. The highest BCUT2D eigenvalue weighted by atomic mass is 32.2. The van der Waals surface area contributed by atoms with Crippen LogP contribution in [0.1, 0.15) is 49.0 Å². The lowest BCUT2D eigenvalue weighted by Gasteiger charge is -2.30. The van der Waals surface area contributed by atoms with Gasteiger partial charge in [-0.05, 0) is 113 Å². The van der Waals surface area contributed by atoms with E-state index in [2.05, 4.69) is 69.6 Å². The molecule has 28 heteroatoms. The van der Waals surface area contributed by atoms with E-state index in [0.29, 0.717) is 80.8 Å². The van der Waals surface area contributed by atoms with E-state index in [9.17, 15) is 27.0 Å². The average Bonchev–Trinajstić information content (AvgIpc) is 1.95. The fourth-order valence-electron chi connectivity index (χ4n) is 9.78. The van der Waals surface area contributed by atoms with Gasteiger partial charge in [0, 0.05) is 54.0 Å². The van der Waals surface area contributed by atoms with Crippen molar-refractivity contribution in [2.45, 2.75) is 102 Å². The molecule has 2 N–H and O–H groups in total. The highest BCUT2D eigenvalue weighted by molar-refractivity contribution is 7.93. The largest absolute Gasteiger partial charge is 0.494 e. The molecule has 10 aromatic rings. The van der Waals surface area contributed by atoms with E-state index in [1.165, 1.54) is 50.9 Å². The molecule has 0 aliphatic heterocycles. The van der Waals surface area contributed by atoms with Gasteiger partial charge in [-0.3, -0.25) is 9.13 Å². The number of aliphatic hydroxyl groups excluding tert-OH is 2. The molecule has 0 saturated carbocycles. The van der Waals surface area contributed by atoms with Gasteiger partial charge < -0.3 is 46.8 Å². The van der Waals surface area contributed by atoms with Crippen molar-refractivity contribution < 1.29 is 54.8 Å². The van der Waals surface area contributed by atoms with Crippen LogP contribution in [0, 0.1) is 13.8 Å². The molecular formula is C60H76N12O12S2Si2. The number of sulfonamides is 2. The number of hydrogen-bond donors (Lipinski definition) is 2. The van der Waals surface area contributed by atoms with Crippen molar-refractivity contribution in [3.8, 4) is 57.5 Å². The molecule has 8 aromatic heterocycles. The van der Waals surface area contributed by atoms with E-state index in [4.69, 9.17) is 27.8 Å². The third-order valence-corrected chi connectivity index (χ3v) is 22.6. The van der Waals surface area contributed by atoms with Crippen LogP contribution in [0.5, 0.6) is 23.0 Å². The number of pyridine rings is 2. The van der Waals surface area contributed by atoms with Crippen molar-refractivity contribution in [1.82, 2.24) is 48.3 Å². The molecule has 0 aliphatic carbocycles. The van der Waals surface area contributed by atoms with Crippen molar-refractivity contribution in [3.63, 3.8) is 0 Å². The zero-order valence-electron chi connectivity index (χ0n) is 51.8. The molecule has 0 bridgehead atoms. The van der Waals surface area contributed by atoms with E-state index < -0.39 is 58.9 Å². The van der Waals surface area contributed by atoms with Crippen LogP contribution in [0.15, 0.2) is 131 Å². The first-order valence-corrected chi connectivity index (χ1v) is 38.9. The number of hydrogen-bond acceptors (Lipinski definition) is 18. The zero-order chi connectivity index (χ0) is 63.6. The van der Waals surface area contributed by atoms with Gasteiger partial charge in [-0.1, -0.05) is 63.5 Å². The van der Waals surface area contributed by atoms with Gasteiger partial charge in [0.2, 0.25) is 43.6 Å². The number of para-hydroxylation sites is 2. The minimum atomic E-state index is -4.27. The van der Waals surface area contributed by atoms with Gasteiger partial charge in [0.05, 0.1) is 39.8 Å². The summed E-state index contributed by atoms with van der Waals surface area (Å²) in [6, 6.07) is 29.7. The first kappa shape index (κ1) is 64.2. The van der Waals surface area contributed by atoms with Crippen LogP contribution >= 0.6 is 0 Å². The maximum Gasteiger partial charge on any atom is 0.246 e. The fraction of sp³-hybridized carbons (Fsp3) is 0.367. The van der Waals surface area contributed by atoms with Crippen molar-refractivity contribution >= 4 is 59.4 Å². The molecule has 0 spiro atoms. The lowest BCUT2D eigenvalue weighted by molar-refractivity contribution is 0.171. The molecule has 0 fully saturated rings. The van der Waals surface area contributed by atoms with Crippen molar-refractivity contribution in [1.29, 1.82) is 0 Å². The number of benzene rings is 2. The molecule has 0 aliphatic rings. The monoisotopic (exact) mass is 1280 g/mol. The average molecular weight is 1280 g/mol.